The summed E-state index contributed by atoms with van der Waals surface area (Å²) in [5.74, 6) is -0.577. The molecule has 7 aromatic rings. The summed E-state index contributed by atoms with van der Waals surface area (Å²) in [6.45, 7) is 6.77. The first-order valence-corrected chi connectivity index (χ1v) is 34.6. The molecule has 444 valence electrons. The van der Waals surface area contributed by atoms with Crippen LogP contribution in [0.3, 0.4) is 0 Å². The number of anilines is 2. The van der Waals surface area contributed by atoms with Crippen LogP contribution in [0.5, 0.6) is 5.75 Å². The second-order valence-corrected chi connectivity index (χ2v) is 28.5. The molecule has 2 N–H and O–H groups in total. The van der Waals surface area contributed by atoms with E-state index in [1.165, 1.54) is 23.1 Å². The number of aromatic nitrogens is 2. The van der Waals surface area contributed by atoms with Crippen molar-refractivity contribution in [2.24, 2.45) is 0 Å². The van der Waals surface area contributed by atoms with Crippen LogP contribution in [-0.4, -0.2) is 77.0 Å². The van der Waals surface area contributed by atoms with Crippen LogP contribution in [0.2, 0.25) is 10.0 Å². The van der Waals surface area contributed by atoms with Crippen molar-refractivity contribution >= 4 is 144 Å². The number of thioether (sulfide) groups is 1. The first-order chi connectivity index (χ1) is 39.9. The topological polar surface area (TPSA) is 243 Å². The van der Waals surface area contributed by atoms with Gasteiger partial charge in [-0.1, -0.05) is 90.3 Å². The number of carbonyl (C=O) groups is 2. The van der Waals surface area contributed by atoms with Crippen LogP contribution in [0, 0.1) is 0 Å². The smallest absolute Gasteiger partial charge is 0.374 e. The Balaban J connectivity index is 0.938. The van der Waals surface area contributed by atoms with E-state index in [9.17, 15) is 43.9 Å². The predicted octanol–water partition coefficient (Wildman–Crippen LogP) is 11.3. The molecule has 0 saturated heterocycles. The van der Waals surface area contributed by atoms with Gasteiger partial charge in [-0.15, -0.1) is 0 Å². The molecule has 2 amide bonds. The van der Waals surface area contributed by atoms with Gasteiger partial charge in [-0.2, -0.15) is 9.13 Å². The van der Waals surface area contributed by atoms with Crippen LogP contribution in [-0.2, 0) is 41.6 Å². The lowest BCUT2D eigenvalue weighted by molar-refractivity contribution is -0.700. The number of sulfonamides is 1. The molecule has 84 heavy (non-hydrogen) atoms. The van der Waals surface area contributed by atoms with Crippen molar-refractivity contribution in [3.05, 3.63) is 152 Å². The zero-order valence-electron chi connectivity index (χ0n) is 46.4. The zero-order chi connectivity index (χ0) is 60.1. The van der Waals surface area contributed by atoms with E-state index in [2.05, 4.69) is 26.4 Å². The van der Waals surface area contributed by atoms with Crippen molar-refractivity contribution in [1.29, 1.82) is 0 Å². The Morgan fingerprint density at radius 2 is 1.50 bits per heavy atom. The molecule has 25 heteroatoms. The number of thiazole rings is 1. The van der Waals surface area contributed by atoms with Crippen molar-refractivity contribution in [3.63, 3.8) is 0 Å². The van der Waals surface area contributed by atoms with Gasteiger partial charge < -0.3 is 28.1 Å². The van der Waals surface area contributed by atoms with E-state index in [1.807, 2.05) is 97.3 Å². The molecular formula is C59H62Cl2N6O12S5. The van der Waals surface area contributed by atoms with Gasteiger partial charge in [-0.25, -0.2) is 30.0 Å². The minimum atomic E-state index is -4.47. The second-order valence-electron chi connectivity index (χ2n) is 20.7. The predicted molar refractivity (Wildman–Crippen MR) is 329 cm³/mol. The van der Waals surface area contributed by atoms with E-state index in [-0.39, 0.29) is 43.8 Å². The highest BCUT2D eigenvalue weighted by molar-refractivity contribution is 8.03. The van der Waals surface area contributed by atoms with Crippen molar-refractivity contribution in [2.45, 2.75) is 96.2 Å². The SMILES string of the molecule is CCCCC(NC(=O)CCCCCN1C(=CC(C)=Cc2oc3ccc4ccccc4c3[n+]2CCCS(=O)(=O)[O-])Sc2ccc(C(=O)NS(C)(=O)=O)cc21)[n+]1c(C=C(C)C=C2Oc3ccc(Cl)cc3N2CCCS(=O)(=O)[O-])sc2ccc(Cl)cc21. The van der Waals surface area contributed by atoms with Crippen molar-refractivity contribution in [2.75, 3.05) is 40.7 Å². The standard InChI is InChI=1S/C59H62Cl2N6O12S5/c1-5-6-16-52(67-47-37-43(61)21-25-51(47)81-57(67)34-39(3)31-54-64(27-12-29-83(72,73)74)45-36-42(60)20-23-48(45)78-54)62-53(68)17-8-7-11-26-65-46-35-41(59(69)63-82(4,70)71)19-24-50(46)80-56(65)33-38(2)32-55-66(28-13-30-84(75,76)77)58-44-15-10-9-14-40(44)18-22-49(58)79-55/h9-10,14-15,18-25,31-37,52H,5-8,11-13,16-17,26-30H2,1-4H3,(H2-2,62,63,68,69,72,73,74,75,76,77). The number of allylic oxidation sites excluding steroid dienone is 4. The fraction of sp³-hybridized carbons (Fsp3) is 0.322. The average Bonchev–Trinajstić information content (AvgIpc) is 4.39. The fourth-order valence-corrected chi connectivity index (χ4v) is 14.3. The van der Waals surface area contributed by atoms with Crippen LogP contribution in [0.1, 0.15) is 106 Å². The van der Waals surface area contributed by atoms with E-state index in [0.29, 0.717) is 76.8 Å². The Labute approximate surface area is 507 Å². The van der Waals surface area contributed by atoms with Crippen LogP contribution in [0.4, 0.5) is 11.4 Å². The zero-order valence-corrected chi connectivity index (χ0v) is 52.0. The van der Waals surface area contributed by atoms with Crippen molar-refractivity contribution in [3.8, 4) is 5.75 Å². The number of ether oxygens (including phenoxy) is 1. The van der Waals surface area contributed by atoms with Crippen LogP contribution in [0.15, 0.2) is 135 Å². The molecule has 0 saturated carbocycles. The fourth-order valence-electron chi connectivity index (χ4n) is 10.2. The third kappa shape index (κ3) is 15.8. The van der Waals surface area contributed by atoms with Gasteiger partial charge in [0.25, 0.3) is 16.4 Å². The summed E-state index contributed by atoms with van der Waals surface area (Å²) in [5, 5.41) is 7.85. The first kappa shape index (κ1) is 62.3. The molecule has 2 aliphatic rings. The number of amides is 2. The van der Waals surface area contributed by atoms with Gasteiger partial charge in [0.15, 0.2) is 12.3 Å². The molecule has 0 spiro atoms. The lowest BCUT2D eigenvalue weighted by Gasteiger charge is -2.21. The van der Waals surface area contributed by atoms with E-state index in [4.69, 9.17) is 32.4 Å². The summed E-state index contributed by atoms with van der Waals surface area (Å²) in [6, 6.07) is 27.4. The molecule has 5 aromatic carbocycles. The molecular weight excluding hydrogens is 1220 g/mol. The maximum atomic E-state index is 14.1. The molecule has 1 atom stereocenters. The monoisotopic (exact) mass is 1280 g/mol. The molecule has 0 bridgehead atoms. The summed E-state index contributed by atoms with van der Waals surface area (Å²) >= 11 is 16.0. The number of halogens is 2. The Hall–Kier alpha value is -6.28. The number of carbonyl (C=O) groups excluding carboxylic acids is 2. The molecule has 2 aromatic heterocycles. The minimum absolute atomic E-state index is 0.0663. The third-order valence-corrected chi connectivity index (χ3v) is 18.7. The van der Waals surface area contributed by atoms with Gasteiger partial charge in [0.05, 0.1) is 54.4 Å². The number of unbranched alkanes of at least 4 members (excludes halogenated alkanes) is 3. The van der Waals surface area contributed by atoms with E-state index in [1.54, 1.807) is 41.3 Å². The maximum absolute atomic E-state index is 14.1. The number of benzene rings is 5. The van der Waals surface area contributed by atoms with Gasteiger partial charge in [0.1, 0.15) is 4.70 Å². The number of hydrogen-bond donors (Lipinski definition) is 2. The van der Waals surface area contributed by atoms with Crippen LogP contribution in [0.25, 0.3) is 44.2 Å². The quantitative estimate of drug-likeness (QED) is 0.0307. The van der Waals surface area contributed by atoms with Gasteiger partial charge in [0, 0.05) is 82.6 Å². The highest BCUT2D eigenvalue weighted by atomic mass is 35.5. The molecule has 1 unspecified atom stereocenters. The highest BCUT2D eigenvalue weighted by Gasteiger charge is 2.32. The van der Waals surface area contributed by atoms with Crippen molar-refractivity contribution < 1.29 is 62.2 Å². The highest BCUT2D eigenvalue weighted by Crippen LogP contribution is 2.47. The van der Waals surface area contributed by atoms with E-state index in [0.717, 1.165) is 71.7 Å². The largest absolute Gasteiger partial charge is 0.748 e. The number of nitrogens with one attached hydrogen (secondary N) is 2. The lowest BCUT2D eigenvalue weighted by atomic mass is 10.1. The molecule has 2 aliphatic heterocycles. The molecule has 9 rings (SSSR count). The Kier molecular flexibility index (Phi) is 19.7. The van der Waals surface area contributed by atoms with E-state index >= 15 is 0 Å². The summed E-state index contributed by atoms with van der Waals surface area (Å²) in [4.78, 5) is 32.0. The van der Waals surface area contributed by atoms with Gasteiger partial charge >= 0.3 is 5.89 Å². The molecule has 0 fully saturated rings. The average molecular weight is 1280 g/mol. The summed E-state index contributed by atoms with van der Waals surface area (Å²) in [6.07, 6.45) is 12.6. The van der Waals surface area contributed by atoms with Crippen LogP contribution < -0.4 is 33.7 Å². The van der Waals surface area contributed by atoms with Gasteiger partial charge in [-0.3, -0.25) is 14.9 Å². The first-order valence-electron chi connectivity index (χ1n) is 27.2. The molecule has 0 radical (unpaired) electrons. The number of hydrogen-bond acceptors (Lipinski definition) is 16. The maximum Gasteiger partial charge on any atom is 0.374 e. The Morgan fingerprint density at radius 3 is 2.26 bits per heavy atom. The molecule has 0 aliphatic carbocycles. The molecule has 4 heterocycles. The summed E-state index contributed by atoms with van der Waals surface area (Å²) < 4.78 is 113. The normalized spacial score (nSPS) is 15.4. The Bertz CT molecular complexity index is 4180. The number of fused-ring (bicyclic) bond motifs is 6. The number of rotatable bonds is 25. The van der Waals surface area contributed by atoms with Crippen LogP contribution >= 0.6 is 46.3 Å². The Morgan fingerprint density at radius 1 is 0.774 bits per heavy atom. The van der Waals surface area contributed by atoms with Gasteiger partial charge in [-0.05, 0) is 123 Å². The van der Waals surface area contributed by atoms with E-state index < -0.39 is 53.8 Å². The third-order valence-electron chi connectivity index (χ3n) is 13.9. The summed E-state index contributed by atoms with van der Waals surface area (Å²) in [7, 11) is -12.8. The number of aryl methyl sites for hydroxylation is 1. The molecule has 18 nitrogen and oxygen atoms in total. The van der Waals surface area contributed by atoms with Gasteiger partial charge in [0.2, 0.25) is 39.1 Å². The second kappa shape index (κ2) is 26.5. The minimum Gasteiger partial charge on any atom is -0.748 e. The van der Waals surface area contributed by atoms with Crippen molar-refractivity contribution in [1.82, 2.24) is 10.0 Å². The lowest BCUT2D eigenvalue weighted by Crippen LogP contribution is -2.50. The number of nitrogens with zero attached hydrogens (tertiary/aromatic N) is 4. The summed E-state index contributed by atoms with van der Waals surface area (Å²) in [5.41, 5.74) is 5.25. The number of oxazole rings is 1.